The second-order valence-corrected chi connectivity index (χ2v) is 4.41. The number of methoxy groups -OCH3 is 1. The largest absolute Gasteiger partial charge is 0.497 e. The van der Waals surface area contributed by atoms with E-state index in [0.717, 1.165) is 30.3 Å². The quantitative estimate of drug-likeness (QED) is 0.841. The molecule has 0 amide bonds. The van der Waals surface area contributed by atoms with E-state index in [1.54, 1.807) is 7.11 Å². The molecule has 4 nitrogen and oxygen atoms in total. The molecule has 0 atom stereocenters. The molecule has 1 heterocycles. The van der Waals surface area contributed by atoms with Crippen molar-refractivity contribution in [1.29, 1.82) is 0 Å². The lowest BCUT2D eigenvalue weighted by molar-refractivity contribution is 0.299. The minimum atomic E-state index is 0.453. The Labute approximate surface area is 119 Å². The molecule has 2 rings (SSSR count). The fourth-order valence-corrected chi connectivity index (χ4v) is 1.76. The summed E-state index contributed by atoms with van der Waals surface area (Å²) in [5, 5.41) is 3.27. The Bertz CT molecular complexity index is 526. The smallest absolute Gasteiger partial charge is 0.130 e. The molecule has 0 saturated heterocycles. The summed E-state index contributed by atoms with van der Waals surface area (Å²) in [6, 6.07) is 11.6. The third-order valence-electron chi connectivity index (χ3n) is 2.89. The molecule has 0 aliphatic carbocycles. The number of hydrogen-bond donors (Lipinski definition) is 1. The summed E-state index contributed by atoms with van der Waals surface area (Å²) in [7, 11) is 1.64. The highest BCUT2D eigenvalue weighted by Crippen LogP contribution is 2.19. The van der Waals surface area contributed by atoms with Gasteiger partial charge < -0.3 is 14.8 Å². The van der Waals surface area contributed by atoms with E-state index in [2.05, 4.69) is 23.3 Å². The molecular weight excluding hydrogens is 252 g/mol. The maximum absolute atomic E-state index is 5.70. The first-order valence-electron chi connectivity index (χ1n) is 6.73. The van der Waals surface area contributed by atoms with Crippen molar-refractivity contribution >= 4 is 0 Å². The molecule has 1 aromatic carbocycles. The first kappa shape index (κ1) is 14.3. The van der Waals surface area contributed by atoms with Crippen molar-refractivity contribution in [2.24, 2.45) is 0 Å². The first-order valence-corrected chi connectivity index (χ1v) is 6.73. The third kappa shape index (κ3) is 4.24. The summed E-state index contributed by atoms with van der Waals surface area (Å²) in [6.07, 6.45) is 1.88. The maximum atomic E-state index is 5.70. The van der Waals surface area contributed by atoms with Gasteiger partial charge in [0, 0.05) is 18.8 Å². The van der Waals surface area contributed by atoms with Crippen LogP contribution in [0, 0.1) is 0 Å². The van der Waals surface area contributed by atoms with Gasteiger partial charge in [-0.05, 0) is 30.3 Å². The van der Waals surface area contributed by atoms with Crippen molar-refractivity contribution in [1.82, 2.24) is 10.3 Å². The summed E-state index contributed by atoms with van der Waals surface area (Å²) in [4.78, 5) is 4.39. The third-order valence-corrected chi connectivity index (χ3v) is 2.89. The second-order valence-electron chi connectivity index (χ2n) is 4.41. The number of nitrogens with one attached hydrogen (secondary N) is 1. The lowest BCUT2D eigenvalue weighted by Crippen LogP contribution is -2.12. The zero-order chi connectivity index (χ0) is 14.2. The number of rotatable bonds is 7. The van der Waals surface area contributed by atoms with Gasteiger partial charge in [-0.3, -0.25) is 4.98 Å². The topological polar surface area (TPSA) is 43.4 Å². The molecule has 0 aliphatic heterocycles. The molecule has 0 spiro atoms. The standard InChI is InChI=1S/C16H20N2O2/c1-3-17-10-13-7-8-14(18-11-13)12-20-16-6-4-5-15(9-16)19-2/h4-9,11,17H,3,10,12H2,1-2H3. The fourth-order valence-electron chi connectivity index (χ4n) is 1.76. The van der Waals surface area contributed by atoms with Crippen molar-refractivity contribution < 1.29 is 9.47 Å². The fraction of sp³-hybridized carbons (Fsp3) is 0.312. The van der Waals surface area contributed by atoms with Gasteiger partial charge in [-0.1, -0.05) is 19.1 Å². The van der Waals surface area contributed by atoms with Crippen LogP contribution in [0.3, 0.4) is 0 Å². The molecule has 4 heteroatoms. The second kappa shape index (κ2) is 7.50. The summed E-state index contributed by atoms with van der Waals surface area (Å²) in [6.45, 7) is 4.35. The molecule has 0 radical (unpaired) electrons. The number of hydrogen-bond acceptors (Lipinski definition) is 4. The van der Waals surface area contributed by atoms with E-state index in [1.807, 2.05) is 36.5 Å². The van der Waals surface area contributed by atoms with Crippen molar-refractivity contribution in [3.05, 3.63) is 53.9 Å². The maximum Gasteiger partial charge on any atom is 0.130 e. The van der Waals surface area contributed by atoms with Gasteiger partial charge in [-0.15, -0.1) is 0 Å². The predicted molar refractivity (Wildman–Crippen MR) is 78.9 cm³/mol. The Kier molecular flexibility index (Phi) is 5.38. The molecular formula is C16H20N2O2. The van der Waals surface area contributed by atoms with Crippen molar-refractivity contribution in [3.63, 3.8) is 0 Å². The molecule has 0 fully saturated rings. The number of ether oxygens (including phenoxy) is 2. The van der Waals surface area contributed by atoms with E-state index in [9.17, 15) is 0 Å². The van der Waals surface area contributed by atoms with E-state index in [1.165, 1.54) is 5.56 Å². The SMILES string of the molecule is CCNCc1ccc(COc2cccc(OC)c2)nc1. The van der Waals surface area contributed by atoms with E-state index >= 15 is 0 Å². The number of benzene rings is 1. The highest BCUT2D eigenvalue weighted by Gasteiger charge is 2.00. The van der Waals surface area contributed by atoms with Crippen LogP contribution < -0.4 is 14.8 Å². The van der Waals surface area contributed by atoms with Gasteiger partial charge >= 0.3 is 0 Å². The van der Waals surface area contributed by atoms with Crippen LogP contribution in [0.5, 0.6) is 11.5 Å². The molecule has 1 aromatic heterocycles. The summed E-state index contributed by atoms with van der Waals surface area (Å²) in [5.74, 6) is 1.57. The van der Waals surface area contributed by atoms with Gasteiger partial charge in [0.2, 0.25) is 0 Å². The molecule has 0 saturated carbocycles. The van der Waals surface area contributed by atoms with Crippen molar-refractivity contribution in [2.45, 2.75) is 20.1 Å². The van der Waals surface area contributed by atoms with Gasteiger partial charge in [0.25, 0.3) is 0 Å². The molecule has 0 unspecified atom stereocenters. The summed E-state index contributed by atoms with van der Waals surface area (Å²) >= 11 is 0. The van der Waals surface area contributed by atoms with Gasteiger partial charge in [-0.25, -0.2) is 0 Å². The molecule has 2 aromatic rings. The first-order chi connectivity index (χ1) is 9.81. The zero-order valence-electron chi connectivity index (χ0n) is 11.9. The van der Waals surface area contributed by atoms with E-state index < -0.39 is 0 Å². The van der Waals surface area contributed by atoms with Gasteiger partial charge in [-0.2, -0.15) is 0 Å². The minimum Gasteiger partial charge on any atom is -0.497 e. The van der Waals surface area contributed by atoms with Crippen LogP contribution in [-0.4, -0.2) is 18.6 Å². The molecule has 0 bridgehead atoms. The van der Waals surface area contributed by atoms with Crippen LogP contribution in [0.15, 0.2) is 42.6 Å². The van der Waals surface area contributed by atoms with Crippen molar-refractivity contribution in [2.75, 3.05) is 13.7 Å². The zero-order valence-corrected chi connectivity index (χ0v) is 11.9. The van der Waals surface area contributed by atoms with E-state index in [0.29, 0.717) is 6.61 Å². The van der Waals surface area contributed by atoms with Crippen LogP contribution in [0.4, 0.5) is 0 Å². The highest BCUT2D eigenvalue weighted by atomic mass is 16.5. The van der Waals surface area contributed by atoms with Gasteiger partial charge in [0.1, 0.15) is 18.1 Å². The predicted octanol–water partition coefficient (Wildman–Crippen LogP) is 2.78. The molecule has 0 aliphatic rings. The molecule has 20 heavy (non-hydrogen) atoms. The Morgan fingerprint density at radius 2 is 2.00 bits per heavy atom. The molecule has 1 N–H and O–H groups in total. The number of nitrogens with zero attached hydrogens (tertiary/aromatic N) is 1. The van der Waals surface area contributed by atoms with Gasteiger partial charge in [0.15, 0.2) is 0 Å². The Morgan fingerprint density at radius 3 is 2.70 bits per heavy atom. The van der Waals surface area contributed by atoms with E-state index in [4.69, 9.17) is 9.47 Å². The van der Waals surface area contributed by atoms with Crippen LogP contribution >= 0.6 is 0 Å². The normalized spacial score (nSPS) is 10.3. The van der Waals surface area contributed by atoms with Crippen molar-refractivity contribution in [3.8, 4) is 11.5 Å². The Balaban J connectivity index is 1.89. The number of aromatic nitrogens is 1. The minimum absolute atomic E-state index is 0.453. The Hall–Kier alpha value is -2.07. The lowest BCUT2D eigenvalue weighted by atomic mass is 10.2. The van der Waals surface area contributed by atoms with Crippen LogP contribution in [0.1, 0.15) is 18.2 Å². The average Bonchev–Trinajstić information content (AvgIpc) is 2.52. The highest BCUT2D eigenvalue weighted by molar-refractivity contribution is 5.32. The van der Waals surface area contributed by atoms with Crippen LogP contribution in [-0.2, 0) is 13.2 Å². The average molecular weight is 272 g/mol. The molecule has 106 valence electrons. The Morgan fingerprint density at radius 1 is 1.15 bits per heavy atom. The monoisotopic (exact) mass is 272 g/mol. The van der Waals surface area contributed by atoms with E-state index in [-0.39, 0.29) is 0 Å². The lowest BCUT2D eigenvalue weighted by Gasteiger charge is -2.08. The summed E-state index contributed by atoms with van der Waals surface area (Å²) in [5.41, 5.74) is 2.09. The van der Waals surface area contributed by atoms with Crippen LogP contribution in [0.2, 0.25) is 0 Å². The van der Waals surface area contributed by atoms with Crippen LogP contribution in [0.25, 0.3) is 0 Å². The van der Waals surface area contributed by atoms with Gasteiger partial charge in [0.05, 0.1) is 12.8 Å². The number of pyridine rings is 1. The summed E-state index contributed by atoms with van der Waals surface area (Å²) < 4.78 is 10.9.